The van der Waals surface area contributed by atoms with Crippen molar-refractivity contribution in [3.8, 4) is 12.3 Å². The fraction of sp³-hybridized carbons (Fsp3) is 0.636. The molecular weight excluding hydrogens is 528 g/mol. The van der Waals surface area contributed by atoms with Crippen LogP contribution in [0.25, 0.3) is 0 Å². The fourth-order valence-electron chi connectivity index (χ4n) is 3.51. The normalized spacial score (nSPS) is 25.0. The molecule has 4 atom stereocenters. The molecule has 1 aliphatic carbocycles. The summed E-state index contributed by atoms with van der Waals surface area (Å²) in [5.41, 5.74) is -3.74. The van der Waals surface area contributed by atoms with Crippen molar-refractivity contribution in [2.24, 2.45) is 0 Å². The highest BCUT2D eigenvalue weighted by Gasteiger charge is 2.58. The van der Waals surface area contributed by atoms with Gasteiger partial charge in [-0.05, 0) is 32.8 Å². The summed E-state index contributed by atoms with van der Waals surface area (Å²) in [6.07, 6.45) is 3.22. The second-order valence-corrected chi connectivity index (χ2v) is 10.4. The summed E-state index contributed by atoms with van der Waals surface area (Å²) >= 11 is 0. The first-order valence-electron chi connectivity index (χ1n) is 12.0. The van der Waals surface area contributed by atoms with Gasteiger partial charge in [0, 0.05) is 12.2 Å². The van der Waals surface area contributed by atoms with E-state index in [1.165, 1.54) is 12.3 Å². The number of hydrogen-bond acceptors (Lipinski definition) is 11. The van der Waals surface area contributed by atoms with Gasteiger partial charge in [0.05, 0.1) is 19.8 Å². The lowest BCUT2D eigenvalue weighted by molar-refractivity contribution is -0.142. The number of carbonyl (C=O) groups excluding carboxylic acids is 2. The zero-order valence-electron chi connectivity index (χ0n) is 20.9. The summed E-state index contributed by atoms with van der Waals surface area (Å²) in [5, 5.41) is 18.3. The number of ether oxygens (including phenoxy) is 3. The van der Waals surface area contributed by atoms with Gasteiger partial charge >= 0.3 is 25.3 Å². The minimum Gasteiger partial charge on any atom is -0.465 e. The molecular formula is C22H31FN5O9P. The van der Waals surface area contributed by atoms with Crippen molar-refractivity contribution in [1.82, 2.24) is 19.7 Å². The summed E-state index contributed by atoms with van der Waals surface area (Å²) in [4.78, 5) is 39.9. The second kappa shape index (κ2) is 12.8. The van der Waals surface area contributed by atoms with Crippen LogP contribution in [0.4, 0.5) is 10.2 Å². The predicted molar refractivity (Wildman–Crippen MR) is 131 cm³/mol. The number of alkyl halides is 1. The molecule has 4 N–H and O–H groups in total. The van der Waals surface area contributed by atoms with Gasteiger partial charge in [0.25, 0.3) is 0 Å². The van der Waals surface area contributed by atoms with Crippen LogP contribution in [-0.4, -0.2) is 83.4 Å². The maximum atomic E-state index is 15.7. The zero-order valence-corrected chi connectivity index (χ0v) is 21.8. The van der Waals surface area contributed by atoms with Crippen LogP contribution in [0.1, 0.15) is 32.9 Å². The van der Waals surface area contributed by atoms with Gasteiger partial charge in [-0.15, -0.1) is 6.42 Å². The van der Waals surface area contributed by atoms with E-state index in [1.54, 1.807) is 13.8 Å². The van der Waals surface area contributed by atoms with Gasteiger partial charge in [0.1, 0.15) is 31.1 Å². The Morgan fingerprint density at radius 1 is 1.29 bits per heavy atom. The number of aliphatic hydroxyl groups is 1. The van der Waals surface area contributed by atoms with Gasteiger partial charge in [-0.2, -0.15) is 4.98 Å². The monoisotopic (exact) mass is 559 g/mol. The number of terminal acetylenes is 1. The molecule has 14 nitrogen and oxygen atoms in total. The van der Waals surface area contributed by atoms with E-state index in [9.17, 15) is 24.1 Å². The van der Waals surface area contributed by atoms with Crippen LogP contribution in [0.15, 0.2) is 17.1 Å². The first-order valence-corrected chi connectivity index (χ1v) is 13.6. The molecule has 2 heterocycles. The first kappa shape index (κ1) is 29.7. The van der Waals surface area contributed by atoms with Gasteiger partial charge < -0.3 is 29.2 Å². The Hall–Kier alpha value is -2.86. The molecule has 16 heteroatoms. The molecule has 3 rings (SSSR count). The van der Waals surface area contributed by atoms with Crippen molar-refractivity contribution < 1.29 is 42.4 Å². The molecule has 2 unspecified atom stereocenters. The Balaban J connectivity index is 1.73. The number of anilines is 1. The molecule has 0 spiro atoms. The minimum absolute atomic E-state index is 0.0714. The van der Waals surface area contributed by atoms with E-state index in [1.807, 2.05) is 5.92 Å². The lowest BCUT2D eigenvalue weighted by Gasteiger charge is -2.24. The van der Waals surface area contributed by atoms with Crippen LogP contribution >= 0.6 is 7.67 Å². The third-order valence-corrected chi connectivity index (χ3v) is 7.23. The molecule has 2 fully saturated rings. The number of rotatable bonds is 14. The first-order chi connectivity index (χ1) is 18.0. The zero-order chi connectivity index (χ0) is 27.9. The minimum atomic E-state index is -4.18. The van der Waals surface area contributed by atoms with E-state index in [2.05, 4.69) is 20.5 Å². The SMILES string of the molecule is C#CC1(F)C(O)[C@@H](COP(=O)(NCC(=O)OCC)NCC(=O)OCC)O[C@@H]1n1ccc(NC2CC2)nc1=O. The van der Waals surface area contributed by atoms with Gasteiger partial charge in [0.15, 0.2) is 6.23 Å². The molecule has 0 radical (unpaired) electrons. The smallest absolute Gasteiger partial charge is 0.351 e. The highest BCUT2D eigenvalue weighted by atomic mass is 31.2. The van der Waals surface area contributed by atoms with Crippen molar-refractivity contribution in [3.05, 3.63) is 22.7 Å². The average Bonchev–Trinajstić information content (AvgIpc) is 3.66. The van der Waals surface area contributed by atoms with Gasteiger partial charge in [-0.1, -0.05) is 5.92 Å². The summed E-state index contributed by atoms with van der Waals surface area (Å²) in [6.45, 7) is 1.47. The number of esters is 2. The number of carbonyl (C=O) groups is 2. The average molecular weight is 559 g/mol. The maximum absolute atomic E-state index is 15.7. The lowest BCUT2D eigenvalue weighted by atomic mass is 9.97. The highest BCUT2D eigenvalue weighted by molar-refractivity contribution is 7.54. The van der Waals surface area contributed by atoms with E-state index < -0.39 is 69.1 Å². The maximum Gasteiger partial charge on any atom is 0.351 e. The summed E-state index contributed by atoms with van der Waals surface area (Å²) in [6, 6.07) is 1.67. The Morgan fingerprint density at radius 3 is 2.39 bits per heavy atom. The quantitative estimate of drug-likeness (QED) is 0.134. The molecule has 0 aromatic carbocycles. The predicted octanol–water partition coefficient (Wildman–Crippen LogP) is -0.152. The van der Waals surface area contributed by atoms with E-state index in [4.69, 9.17) is 25.2 Å². The standard InChI is InChI=1S/C22H31FN5O9P/c1-4-22(23)19(31)15(37-20(22)28-10-9-16(27-21(28)32)26-14-7-8-14)13-36-38(33,24-11-17(29)34-5-2)25-12-18(30)35-6-3/h1,9-10,14-15,19-20,31H,5-8,11-13H2,2-3H3,(H2,24,25,33)(H,26,27,32)/t15-,19?,20+,22?/m1/s1. The largest absolute Gasteiger partial charge is 0.465 e. The molecule has 1 aromatic rings. The molecule has 210 valence electrons. The summed E-state index contributed by atoms with van der Waals surface area (Å²) < 4.78 is 50.2. The Labute approximate surface area is 218 Å². The molecule has 0 bridgehead atoms. The molecule has 1 saturated carbocycles. The number of aliphatic hydroxyl groups excluding tert-OH is 1. The molecule has 2 aliphatic rings. The third-order valence-electron chi connectivity index (χ3n) is 5.57. The molecule has 1 saturated heterocycles. The topological polar surface area (TPSA) is 179 Å². The van der Waals surface area contributed by atoms with Crippen LogP contribution < -0.4 is 21.2 Å². The van der Waals surface area contributed by atoms with Crippen LogP contribution in [0.2, 0.25) is 0 Å². The fourth-order valence-corrected chi connectivity index (χ4v) is 4.83. The van der Waals surface area contributed by atoms with Gasteiger partial charge in [-0.25, -0.2) is 19.4 Å². The Morgan fingerprint density at radius 2 is 1.89 bits per heavy atom. The van der Waals surface area contributed by atoms with E-state index in [0.717, 1.165) is 17.4 Å². The number of nitrogens with one attached hydrogen (secondary N) is 3. The van der Waals surface area contributed by atoms with Crippen molar-refractivity contribution >= 4 is 25.4 Å². The third kappa shape index (κ3) is 7.37. The lowest BCUT2D eigenvalue weighted by Crippen LogP contribution is -2.44. The molecule has 38 heavy (non-hydrogen) atoms. The molecule has 0 amide bonds. The van der Waals surface area contributed by atoms with Crippen molar-refractivity contribution in [1.29, 1.82) is 0 Å². The summed E-state index contributed by atoms with van der Waals surface area (Å²) in [7, 11) is -4.18. The highest BCUT2D eigenvalue weighted by Crippen LogP contribution is 2.43. The Kier molecular flexibility index (Phi) is 10.00. The molecule has 1 aromatic heterocycles. The number of halogens is 1. The van der Waals surface area contributed by atoms with Crippen molar-refractivity contribution in [3.63, 3.8) is 0 Å². The Bertz CT molecular complexity index is 1130. The van der Waals surface area contributed by atoms with Crippen LogP contribution in [0, 0.1) is 12.3 Å². The number of hydrogen-bond donors (Lipinski definition) is 4. The number of nitrogens with zero attached hydrogens (tertiary/aromatic N) is 2. The van der Waals surface area contributed by atoms with E-state index in [0.29, 0.717) is 5.82 Å². The van der Waals surface area contributed by atoms with Crippen molar-refractivity contribution in [2.75, 3.05) is 38.2 Å². The summed E-state index contributed by atoms with van der Waals surface area (Å²) in [5.74, 6) is 0.627. The second-order valence-electron chi connectivity index (χ2n) is 8.43. The number of aromatic nitrogens is 2. The van der Waals surface area contributed by atoms with Gasteiger partial charge in [-0.3, -0.25) is 18.7 Å². The molecule has 1 aliphatic heterocycles. The van der Waals surface area contributed by atoms with E-state index in [-0.39, 0.29) is 19.3 Å². The van der Waals surface area contributed by atoms with Crippen molar-refractivity contribution in [2.45, 2.75) is 56.8 Å². The van der Waals surface area contributed by atoms with Crippen LogP contribution in [0.5, 0.6) is 0 Å². The van der Waals surface area contributed by atoms with Gasteiger partial charge in [0.2, 0.25) is 5.67 Å². The van der Waals surface area contributed by atoms with Crippen LogP contribution in [-0.2, 0) is 32.9 Å². The van der Waals surface area contributed by atoms with E-state index >= 15 is 4.39 Å². The van der Waals surface area contributed by atoms with Crippen LogP contribution in [0.3, 0.4) is 0 Å².